The minimum absolute atomic E-state index is 0.0553. The topological polar surface area (TPSA) is 75.6 Å². The van der Waals surface area contributed by atoms with Crippen LogP contribution in [0.15, 0.2) is 42.5 Å². The minimum Gasteiger partial charge on any atom is -0.352 e. The van der Waals surface area contributed by atoms with E-state index in [1.54, 1.807) is 0 Å². The van der Waals surface area contributed by atoms with Crippen molar-refractivity contribution in [3.8, 4) is 22.5 Å². The molecule has 0 aliphatic rings. The quantitative estimate of drug-likeness (QED) is 0.568. The maximum absolute atomic E-state index is 12.2. The van der Waals surface area contributed by atoms with Crippen LogP contribution in [-0.4, -0.2) is 32.4 Å². The highest BCUT2D eigenvalue weighted by atomic mass is 16.1. The minimum atomic E-state index is -0.0553. The van der Waals surface area contributed by atoms with E-state index in [1.807, 2.05) is 49.8 Å². The summed E-state index contributed by atoms with van der Waals surface area (Å²) in [5.74, 6) is -0.0553. The smallest absolute Gasteiger partial charge is 0.251 e. The molecule has 4 rings (SSSR count). The first kappa shape index (κ1) is 18.0. The Bertz CT molecular complexity index is 1190. The van der Waals surface area contributed by atoms with E-state index in [0.717, 1.165) is 44.7 Å². The summed E-state index contributed by atoms with van der Waals surface area (Å²) in [6, 6.07) is 14.1. The molecule has 2 N–H and O–H groups in total. The number of amides is 1. The van der Waals surface area contributed by atoms with Crippen molar-refractivity contribution < 1.29 is 4.79 Å². The molecule has 142 valence electrons. The number of fused-ring (bicyclic) bond motifs is 1. The van der Waals surface area contributed by atoms with Gasteiger partial charge in [-0.05, 0) is 67.8 Å². The normalized spacial score (nSPS) is 11.1. The van der Waals surface area contributed by atoms with Crippen LogP contribution in [0.4, 0.5) is 0 Å². The molecule has 0 aliphatic carbocycles. The second-order valence-electron chi connectivity index (χ2n) is 7.02. The summed E-state index contributed by atoms with van der Waals surface area (Å²) in [4.78, 5) is 12.2. The summed E-state index contributed by atoms with van der Waals surface area (Å²) in [6.45, 7) is 6.55. The fraction of sp³-hybridized carbons (Fsp3) is 0.227. The molecular formula is C22H23N5O. The lowest BCUT2D eigenvalue weighted by molar-refractivity contribution is 0.0956. The number of nitrogens with one attached hydrogen (secondary N) is 2. The monoisotopic (exact) mass is 373 g/mol. The number of aromatic amines is 1. The first-order valence-corrected chi connectivity index (χ1v) is 9.36. The van der Waals surface area contributed by atoms with Crippen molar-refractivity contribution in [3.63, 3.8) is 0 Å². The predicted octanol–water partition coefficient (Wildman–Crippen LogP) is 4.00. The van der Waals surface area contributed by atoms with Crippen molar-refractivity contribution in [1.82, 2.24) is 25.3 Å². The van der Waals surface area contributed by atoms with Crippen LogP contribution in [0.5, 0.6) is 0 Å². The summed E-state index contributed by atoms with van der Waals surface area (Å²) >= 11 is 0. The Kier molecular flexibility index (Phi) is 4.47. The molecule has 2 heterocycles. The Morgan fingerprint density at radius 2 is 1.96 bits per heavy atom. The highest BCUT2D eigenvalue weighted by Crippen LogP contribution is 2.31. The first-order chi connectivity index (χ1) is 13.5. The van der Waals surface area contributed by atoms with Gasteiger partial charge in [0, 0.05) is 24.5 Å². The fourth-order valence-corrected chi connectivity index (χ4v) is 3.55. The third kappa shape index (κ3) is 3.07. The Hall–Kier alpha value is -3.41. The molecule has 0 spiro atoms. The highest BCUT2D eigenvalue weighted by Gasteiger charge is 2.14. The highest BCUT2D eigenvalue weighted by molar-refractivity contribution is 5.97. The molecule has 0 saturated heterocycles. The van der Waals surface area contributed by atoms with E-state index in [2.05, 4.69) is 45.7 Å². The van der Waals surface area contributed by atoms with Crippen LogP contribution in [0, 0.1) is 13.8 Å². The summed E-state index contributed by atoms with van der Waals surface area (Å²) in [7, 11) is 1.92. The predicted molar refractivity (Wildman–Crippen MR) is 111 cm³/mol. The van der Waals surface area contributed by atoms with Crippen LogP contribution < -0.4 is 5.32 Å². The van der Waals surface area contributed by atoms with Crippen molar-refractivity contribution in [3.05, 3.63) is 59.3 Å². The zero-order chi connectivity index (χ0) is 19.8. The van der Waals surface area contributed by atoms with Gasteiger partial charge in [0.25, 0.3) is 5.91 Å². The van der Waals surface area contributed by atoms with E-state index in [9.17, 15) is 4.79 Å². The lowest BCUT2D eigenvalue weighted by atomic mass is 9.96. The molecule has 4 aromatic rings. The molecule has 0 bridgehead atoms. The molecule has 6 nitrogen and oxygen atoms in total. The maximum atomic E-state index is 12.2. The molecular weight excluding hydrogens is 350 g/mol. The van der Waals surface area contributed by atoms with E-state index in [0.29, 0.717) is 12.1 Å². The Morgan fingerprint density at radius 1 is 1.14 bits per heavy atom. The molecule has 0 aliphatic heterocycles. The zero-order valence-corrected chi connectivity index (χ0v) is 16.5. The largest absolute Gasteiger partial charge is 0.352 e. The van der Waals surface area contributed by atoms with Gasteiger partial charge in [0.2, 0.25) is 0 Å². The molecule has 0 radical (unpaired) electrons. The number of nitrogens with zero attached hydrogens (tertiary/aromatic N) is 3. The van der Waals surface area contributed by atoms with Gasteiger partial charge in [0.15, 0.2) is 0 Å². The summed E-state index contributed by atoms with van der Waals surface area (Å²) in [5, 5.41) is 16.0. The fourth-order valence-electron chi connectivity index (χ4n) is 3.55. The standard InChI is InChI=1S/C22H23N5O/c1-5-23-22(28)16-7-6-13(2)18(11-16)15-8-9-17-19(12-15)24-25-21(17)20-10-14(3)26-27(20)4/h6-12H,5H2,1-4H3,(H,23,28)(H,24,25). The first-order valence-electron chi connectivity index (χ1n) is 9.36. The zero-order valence-electron chi connectivity index (χ0n) is 16.5. The van der Waals surface area contributed by atoms with E-state index in [-0.39, 0.29) is 5.91 Å². The molecule has 28 heavy (non-hydrogen) atoms. The van der Waals surface area contributed by atoms with Crippen molar-refractivity contribution in [1.29, 1.82) is 0 Å². The molecule has 1 amide bonds. The van der Waals surface area contributed by atoms with Gasteiger partial charge in [-0.3, -0.25) is 14.6 Å². The van der Waals surface area contributed by atoms with E-state index >= 15 is 0 Å². The van der Waals surface area contributed by atoms with Gasteiger partial charge in [0.1, 0.15) is 5.69 Å². The lowest BCUT2D eigenvalue weighted by Crippen LogP contribution is -2.22. The van der Waals surface area contributed by atoms with Gasteiger partial charge >= 0.3 is 0 Å². The number of aromatic nitrogens is 4. The molecule has 2 aromatic heterocycles. The summed E-state index contributed by atoms with van der Waals surface area (Å²) < 4.78 is 1.85. The summed E-state index contributed by atoms with van der Waals surface area (Å²) in [6.07, 6.45) is 0. The molecule has 0 saturated carbocycles. The number of benzene rings is 2. The van der Waals surface area contributed by atoms with Crippen LogP contribution in [0.1, 0.15) is 28.5 Å². The average Bonchev–Trinajstić information content (AvgIpc) is 3.23. The van der Waals surface area contributed by atoms with E-state index in [4.69, 9.17) is 0 Å². The van der Waals surface area contributed by atoms with Gasteiger partial charge in [-0.15, -0.1) is 0 Å². The number of carbonyl (C=O) groups is 1. The Morgan fingerprint density at radius 3 is 2.68 bits per heavy atom. The molecule has 0 fully saturated rings. The number of rotatable bonds is 4. The van der Waals surface area contributed by atoms with Crippen LogP contribution in [-0.2, 0) is 7.05 Å². The molecule has 2 aromatic carbocycles. The lowest BCUT2D eigenvalue weighted by Gasteiger charge is -2.10. The van der Waals surface area contributed by atoms with E-state index < -0.39 is 0 Å². The Labute approximate surface area is 163 Å². The summed E-state index contributed by atoms with van der Waals surface area (Å²) in [5.41, 5.74) is 7.65. The third-order valence-electron chi connectivity index (χ3n) is 4.96. The van der Waals surface area contributed by atoms with Crippen molar-refractivity contribution >= 4 is 16.8 Å². The maximum Gasteiger partial charge on any atom is 0.251 e. The Balaban J connectivity index is 1.78. The van der Waals surface area contributed by atoms with Gasteiger partial charge in [-0.25, -0.2) is 0 Å². The van der Waals surface area contributed by atoms with Crippen molar-refractivity contribution in [2.75, 3.05) is 6.54 Å². The second-order valence-corrected chi connectivity index (χ2v) is 7.02. The van der Waals surface area contributed by atoms with E-state index in [1.165, 1.54) is 0 Å². The third-order valence-corrected chi connectivity index (χ3v) is 4.96. The van der Waals surface area contributed by atoms with Crippen LogP contribution in [0.2, 0.25) is 0 Å². The second kappa shape index (κ2) is 6.96. The number of hydrogen-bond donors (Lipinski definition) is 2. The van der Waals surface area contributed by atoms with Gasteiger partial charge in [0.05, 0.1) is 16.9 Å². The molecule has 6 heteroatoms. The molecule has 0 unspecified atom stereocenters. The number of hydrogen-bond acceptors (Lipinski definition) is 3. The van der Waals surface area contributed by atoms with Gasteiger partial charge in [-0.1, -0.05) is 12.1 Å². The number of aryl methyl sites for hydroxylation is 3. The van der Waals surface area contributed by atoms with Gasteiger partial charge in [-0.2, -0.15) is 10.2 Å². The van der Waals surface area contributed by atoms with Crippen molar-refractivity contribution in [2.45, 2.75) is 20.8 Å². The average molecular weight is 373 g/mol. The van der Waals surface area contributed by atoms with Gasteiger partial charge < -0.3 is 5.32 Å². The number of H-pyrrole nitrogens is 1. The van der Waals surface area contributed by atoms with Crippen LogP contribution >= 0.6 is 0 Å². The SMILES string of the molecule is CCNC(=O)c1ccc(C)c(-c2ccc3c(-c4cc(C)nn4C)n[nH]c3c2)c1. The van der Waals surface area contributed by atoms with Crippen LogP contribution in [0.3, 0.4) is 0 Å². The number of carbonyl (C=O) groups excluding carboxylic acids is 1. The molecule has 0 atom stereocenters. The van der Waals surface area contributed by atoms with Crippen molar-refractivity contribution in [2.24, 2.45) is 7.05 Å². The van der Waals surface area contributed by atoms with Crippen LogP contribution in [0.25, 0.3) is 33.4 Å².